The molecule has 0 radical (unpaired) electrons. The van der Waals surface area contributed by atoms with Crippen LogP contribution in [-0.4, -0.2) is 24.5 Å². The molecular weight excluding hydrogens is 333 g/mol. The molecule has 2 aromatic carbocycles. The number of esters is 1. The lowest BCUT2D eigenvalue weighted by atomic mass is 10.1. The topological polar surface area (TPSA) is 46.6 Å². The number of carbonyl (C=O) groups excluding carboxylic acids is 2. The van der Waals surface area contributed by atoms with Crippen molar-refractivity contribution in [1.29, 1.82) is 0 Å². The summed E-state index contributed by atoms with van der Waals surface area (Å²) in [7, 11) is 0. The molecule has 0 N–H and O–H groups in total. The first-order valence-corrected chi connectivity index (χ1v) is 7.83. The average molecular weight is 350 g/mol. The minimum Gasteiger partial charge on any atom is -0.464 e. The molecule has 0 saturated carbocycles. The molecule has 126 valence electrons. The highest BCUT2D eigenvalue weighted by atomic mass is 35.5. The lowest BCUT2D eigenvalue weighted by Crippen LogP contribution is -2.44. The standard InChI is InChI=1S/C18H17ClFNO3/c1-3-24-18(23)12(2)21(14-9-10-16(20)15(19)11-14)17(22)13-7-5-4-6-8-13/h4-12H,3H2,1-2H3. The van der Waals surface area contributed by atoms with Crippen LogP contribution in [0, 0.1) is 5.82 Å². The molecule has 0 aromatic heterocycles. The minimum atomic E-state index is -0.890. The van der Waals surface area contributed by atoms with Crippen molar-refractivity contribution in [2.45, 2.75) is 19.9 Å². The molecule has 0 bridgehead atoms. The van der Waals surface area contributed by atoms with Gasteiger partial charge in [-0.2, -0.15) is 0 Å². The van der Waals surface area contributed by atoms with E-state index >= 15 is 0 Å². The number of halogens is 2. The van der Waals surface area contributed by atoms with Gasteiger partial charge >= 0.3 is 5.97 Å². The number of amides is 1. The predicted molar refractivity (Wildman–Crippen MR) is 90.8 cm³/mol. The number of rotatable bonds is 5. The Kier molecular flexibility index (Phi) is 5.93. The first-order valence-electron chi connectivity index (χ1n) is 7.46. The van der Waals surface area contributed by atoms with Gasteiger partial charge in [0.15, 0.2) is 0 Å². The van der Waals surface area contributed by atoms with E-state index in [0.29, 0.717) is 11.3 Å². The van der Waals surface area contributed by atoms with Gasteiger partial charge in [0.25, 0.3) is 5.91 Å². The number of hydrogen-bond acceptors (Lipinski definition) is 3. The summed E-state index contributed by atoms with van der Waals surface area (Å²) in [6, 6.07) is 11.5. The van der Waals surface area contributed by atoms with Crippen LogP contribution in [0.3, 0.4) is 0 Å². The van der Waals surface area contributed by atoms with Crippen molar-refractivity contribution in [3.05, 3.63) is 64.9 Å². The number of anilines is 1. The highest BCUT2D eigenvalue weighted by Gasteiger charge is 2.29. The largest absolute Gasteiger partial charge is 0.464 e. The molecule has 2 rings (SSSR count). The van der Waals surface area contributed by atoms with Gasteiger partial charge in [-0.15, -0.1) is 0 Å². The maximum Gasteiger partial charge on any atom is 0.328 e. The summed E-state index contributed by atoms with van der Waals surface area (Å²) >= 11 is 5.82. The summed E-state index contributed by atoms with van der Waals surface area (Å²) in [4.78, 5) is 26.2. The van der Waals surface area contributed by atoms with Crippen molar-refractivity contribution in [3.63, 3.8) is 0 Å². The minimum absolute atomic E-state index is 0.130. The maximum atomic E-state index is 13.4. The smallest absolute Gasteiger partial charge is 0.328 e. The molecule has 1 atom stereocenters. The zero-order valence-electron chi connectivity index (χ0n) is 13.3. The first-order chi connectivity index (χ1) is 11.5. The van der Waals surface area contributed by atoms with Gasteiger partial charge < -0.3 is 4.74 Å². The molecule has 0 spiro atoms. The highest BCUT2D eigenvalue weighted by molar-refractivity contribution is 6.31. The molecular formula is C18H17ClFNO3. The van der Waals surface area contributed by atoms with Crippen molar-refractivity contribution >= 4 is 29.2 Å². The Morgan fingerprint density at radius 2 is 1.88 bits per heavy atom. The second-order valence-electron chi connectivity index (χ2n) is 5.07. The Labute approximate surface area is 144 Å². The number of nitrogens with zero attached hydrogens (tertiary/aromatic N) is 1. The van der Waals surface area contributed by atoms with Crippen LogP contribution in [0.5, 0.6) is 0 Å². The van der Waals surface area contributed by atoms with Gasteiger partial charge in [0.05, 0.1) is 11.6 Å². The Hall–Kier alpha value is -2.40. The zero-order chi connectivity index (χ0) is 17.7. The summed E-state index contributed by atoms with van der Waals surface area (Å²) in [5, 5.41) is -0.130. The van der Waals surface area contributed by atoms with Gasteiger partial charge in [-0.05, 0) is 44.2 Å². The number of benzene rings is 2. The molecule has 2 aromatic rings. The summed E-state index contributed by atoms with van der Waals surface area (Å²) in [6.07, 6.45) is 0. The van der Waals surface area contributed by atoms with Crippen molar-refractivity contribution in [3.8, 4) is 0 Å². The van der Waals surface area contributed by atoms with Gasteiger partial charge in [-0.3, -0.25) is 9.69 Å². The molecule has 0 aliphatic heterocycles. The Balaban J connectivity index is 2.46. The fourth-order valence-electron chi connectivity index (χ4n) is 2.24. The van der Waals surface area contributed by atoms with E-state index < -0.39 is 23.7 Å². The van der Waals surface area contributed by atoms with E-state index in [2.05, 4.69) is 0 Å². The molecule has 0 aliphatic carbocycles. The molecule has 6 heteroatoms. The maximum absolute atomic E-state index is 13.4. The van der Waals surface area contributed by atoms with E-state index in [0.717, 1.165) is 6.07 Å². The van der Waals surface area contributed by atoms with Gasteiger partial charge in [-0.25, -0.2) is 9.18 Å². The quantitative estimate of drug-likeness (QED) is 0.764. The summed E-state index contributed by atoms with van der Waals surface area (Å²) < 4.78 is 18.4. The van der Waals surface area contributed by atoms with Crippen LogP contribution in [0.25, 0.3) is 0 Å². The molecule has 4 nitrogen and oxygen atoms in total. The second-order valence-corrected chi connectivity index (χ2v) is 5.47. The van der Waals surface area contributed by atoms with Crippen LogP contribution in [0.2, 0.25) is 5.02 Å². The normalized spacial score (nSPS) is 11.7. The van der Waals surface area contributed by atoms with E-state index in [1.54, 1.807) is 44.2 Å². The number of ether oxygens (including phenoxy) is 1. The van der Waals surface area contributed by atoms with Crippen molar-refractivity contribution in [1.82, 2.24) is 0 Å². The van der Waals surface area contributed by atoms with Crippen LogP contribution < -0.4 is 4.90 Å². The van der Waals surface area contributed by atoms with Crippen LogP contribution >= 0.6 is 11.6 Å². The van der Waals surface area contributed by atoms with E-state index in [-0.39, 0.29) is 11.6 Å². The monoisotopic (exact) mass is 349 g/mol. The SMILES string of the molecule is CCOC(=O)C(C)N(C(=O)c1ccccc1)c1ccc(F)c(Cl)c1. The molecule has 0 saturated heterocycles. The van der Waals surface area contributed by atoms with E-state index in [1.807, 2.05) is 0 Å². The molecule has 0 aliphatic rings. The Morgan fingerprint density at radius 3 is 2.46 bits per heavy atom. The van der Waals surface area contributed by atoms with Gasteiger partial charge in [0, 0.05) is 11.3 Å². The van der Waals surface area contributed by atoms with Crippen LogP contribution in [0.15, 0.2) is 48.5 Å². The lowest BCUT2D eigenvalue weighted by molar-refractivity contribution is -0.144. The molecule has 0 fully saturated rings. The Bertz CT molecular complexity index is 736. The molecule has 24 heavy (non-hydrogen) atoms. The lowest BCUT2D eigenvalue weighted by Gasteiger charge is -2.28. The van der Waals surface area contributed by atoms with Crippen molar-refractivity contribution in [2.75, 3.05) is 11.5 Å². The first kappa shape index (κ1) is 17.9. The van der Waals surface area contributed by atoms with Gasteiger partial charge in [0.1, 0.15) is 11.9 Å². The molecule has 0 heterocycles. The second kappa shape index (κ2) is 7.93. The number of hydrogen-bond donors (Lipinski definition) is 0. The van der Waals surface area contributed by atoms with E-state index in [4.69, 9.17) is 16.3 Å². The average Bonchev–Trinajstić information content (AvgIpc) is 2.59. The third-order valence-corrected chi connectivity index (χ3v) is 3.73. The fraction of sp³-hybridized carbons (Fsp3) is 0.222. The predicted octanol–water partition coefficient (Wildman–Crippen LogP) is 4.08. The third-order valence-electron chi connectivity index (χ3n) is 3.44. The van der Waals surface area contributed by atoms with E-state index in [1.165, 1.54) is 17.0 Å². The summed E-state index contributed by atoms with van der Waals surface area (Å²) in [5.74, 6) is -1.56. The Morgan fingerprint density at radius 1 is 1.21 bits per heavy atom. The van der Waals surface area contributed by atoms with Gasteiger partial charge in [-0.1, -0.05) is 29.8 Å². The van der Waals surface area contributed by atoms with Crippen LogP contribution in [-0.2, 0) is 9.53 Å². The summed E-state index contributed by atoms with van der Waals surface area (Å²) in [5.41, 5.74) is 0.713. The summed E-state index contributed by atoms with van der Waals surface area (Å²) in [6.45, 7) is 3.43. The zero-order valence-corrected chi connectivity index (χ0v) is 14.1. The highest BCUT2D eigenvalue weighted by Crippen LogP contribution is 2.26. The van der Waals surface area contributed by atoms with Crippen molar-refractivity contribution in [2.24, 2.45) is 0 Å². The molecule has 1 amide bonds. The number of carbonyl (C=O) groups is 2. The van der Waals surface area contributed by atoms with Crippen LogP contribution in [0.1, 0.15) is 24.2 Å². The van der Waals surface area contributed by atoms with Crippen LogP contribution in [0.4, 0.5) is 10.1 Å². The van der Waals surface area contributed by atoms with E-state index in [9.17, 15) is 14.0 Å². The van der Waals surface area contributed by atoms with Crippen molar-refractivity contribution < 1.29 is 18.7 Å². The fourth-order valence-corrected chi connectivity index (χ4v) is 2.41. The third kappa shape index (κ3) is 3.92. The molecule has 1 unspecified atom stereocenters. The van der Waals surface area contributed by atoms with Gasteiger partial charge in [0.2, 0.25) is 0 Å².